The summed E-state index contributed by atoms with van der Waals surface area (Å²) in [5, 5.41) is 12.4. The van der Waals surface area contributed by atoms with Crippen LogP contribution in [0, 0.1) is 0 Å². The molecule has 1 aliphatic rings. The van der Waals surface area contributed by atoms with Crippen molar-refractivity contribution in [1.29, 1.82) is 0 Å². The topological polar surface area (TPSA) is 178 Å². The Morgan fingerprint density at radius 2 is 2.00 bits per heavy atom. The summed E-state index contributed by atoms with van der Waals surface area (Å²) >= 11 is 0. The highest BCUT2D eigenvalue weighted by molar-refractivity contribution is 6.03. The molecular formula is C22H22N12O. The number of aromatic nitrogens is 3. The van der Waals surface area contributed by atoms with Crippen LogP contribution in [0.15, 0.2) is 65.4 Å². The molecule has 0 bridgehead atoms. The maximum atomic E-state index is 12.8. The summed E-state index contributed by atoms with van der Waals surface area (Å²) in [7, 11) is 0. The molecule has 2 N–H and O–H groups in total. The lowest BCUT2D eigenvalue weighted by Gasteiger charge is -2.28. The first-order chi connectivity index (χ1) is 17.1. The van der Waals surface area contributed by atoms with E-state index in [2.05, 4.69) is 30.1 Å². The van der Waals surface area contributed by atoms with Crippen molar-refractivity contribution in [3.63, 3.8) is 0 Å². The minimum absolute atomic E-state index is 0.0808. The molecule has 0 radical (unpaired) electrons. The lowest BCUT2D eigenvalue weighted by Crippen LogP contribution is -2.36. The van der Waals surface area contributed by atoms with Gasteiger partial charge in [-0.25, -0.2) is 10.9 Å². The molecule has 35 heavy (non-hydrogen) atoms. The van der Waals surface area contributed by atoms with Gasteiger partial charge in [0, 0.05) is 58.7 Å². The van der Waals surface area contributed by atoms with Crippen molar-refractivity contribution in [2.45, 2.75) is 19.6 Å². The molecule has 0 saturated carbocycles. The van der Waals surface area contributed by atoms with Crippen molar-refractivity contribution in [3.05, 3.63) is 92.7 Å². The monoisotopic (exact) mass is 470 g/mol. The van der Waals surface area contributed by atoms with Gasteiger partial charge in [0.2, 0.25) is 0 Å². The molecular weight excluding hydrogens is 448 g/mol. The van der Waals surface area contributed by atoms with E-state index in [0.29, 0.717) is 24.5 Å². The molecule has 13 heteroatoms. The van der Waals surface area contributed by atoms with E-state index in [0.717, 1.165) is 34.7 Å². The van der Waals surface area contributed by atoms with Gasteiger partial charge in [0.15, 0.2) is 0 Å². The van der Waals surface area contributed by atoms with E-state index in [1.165, 1.54) is 16.3 Å². The highest BCUT2D eigenvalue weighted by Crippen LogP contribution is 2.25. The number of pyridine rings is 1. The number of amides is 1. The van der Waals surface area contributed by atoms with Crippen LogP contribution in [-0.2, 0) is 24.4 Å². The molecule has 0 saturated heterocycles. The van der Waals surface area contributed by atoms with E-state index < -0.39 is 5.91 Å². The first-order valence-corrected chi connectivity index (χ1v) is 10.7. The van der Waals surface area contributed by atoms with Gasteiger partial charge in [-0.05, 0) is 58.4 Å². The molecule has 1 aliphatic heterocycles. The Morgan fingerprint density at radius 1 is 1.17 bits per heavy atom. The number of rotatable bonds is 8. The zero-order valence-electron chi connectivity index (χ0n) is 18.7. The van der Waals surface area contributed by atoms with Crippen LogP contribution in [-0.4, -0.2) is 38.8 Å². The Labute approximate surface area is 200 Å². The predicted octanol–water partition coefficient (Wildman–Crippen LogP) is 3.76. The van der Waals surface area contributed by atoms with Gasteiger partial charge in [-0.1, -0.05) is 16.3 Å². The summed E-state index contributed by atoms with van der Waals surface area (Å²) in [6.45, 7) is 1.80. The Bertz CT molecular complexity index is 1350. The molecule has 0 atom stereocenters. The molecule has 3 aromatic rings. The van der Waals surface area contributed by atoms with Crippen LogP contribution in [0.25, 0.3) is 38.1 Å². The van der Waals surface area contributed by atoms with E-state index >= 15 is 0 Å². The van der Waals surface area contributed by atoms with E-state index in [4.69, 9.17) is 16.9 Å². The van der Waals surface area contributed by atoms with Crippen LogP contribution in [0.4, 0.5) is 5.69 Å². The quantitative estimate of drug-likeness (QED) is 0.0999. The fourth-order valence-corrected chi connectivity index (χ4v) is 3.83. The zero-order valence-corrected chi connectivity index (χ0v) is 18.7. The summed E-state index contributed by atoms with van der Waals surface area (Å²) < 4.78 is 1.51. The van der Waals surface area contributed by atoms with Gasteiger partial charge >= 0.3 is 0 Å². The second kappa shape index (κ2) is 11.0. The predicted molar refractivity (Wildman–Crippen MR) is 130 cm³/mol. The Hall–Kier alpha value is -4.67. The first kappa shape index (κ1) is 23.5. The number of carbonyl (C=O) groups excluding carboxylic acids is 1. The van der Waals surface area contributed by atoms with Crippen LogP contribution in [0.3, 0.4) is 0 Å². The number of nitrogens with two attached hydrogens (primary N) is 1. The van der Waals surface area contributed by atoms with Crippen molar-refractivity contribution >= 4 is 17.7 Å². The number of hydrogen-bond donors (Lipinski definition) is 1. The van der Waals surface area contributed by atoms with Gasteiger partial charge in [0.1, 0.15) is 6.67 Å². The molecule has 3 heterocycles. The second-order valence-corrected chi connectivity index (χ2v) is 7.77. The van der Waals surface area contributed by atoms with Gasteiger partial charge in [-0.3, -0.25) is 19.4 Å². The number of hydrogen-bond acceptors (Lipinski definition) is 7. The third-order valence-electron chi connectivity index (χ3n) is 5.60. The van der Waals surface area contributed by atoms with Crippen molar-refractivity contribution in [2.75, 3.05) is 18.2 Å². The van der Waals surface area contributed by atoms with E-state index in [1.807, 2.05) is 29.2 Å². The Kier molecular flexibility index (Phi) is 7.36. The van der Waals surface area contributed by atoms with Crippen molar-refractivity contribution < 1.29 is 4.79 Å². The van der Waals surface area contributed by atoms with Gasteiger partial charge in [-0.2, -0.15) is 5.10 Å². The summed E-state index contributed by atoms with van der Waals surface area (Å²) in [4.78, 5) is 24.6. The van der Waals surface area contributed by atoms with E-state index in [1.54, 1.807) is 30.9 Å². The smallest absolute Gasteiger partial charge is 0.265 e. The van der Waals surface area contributed by atoms with Crippen LogP contribution in [0.1, 0.15) is 16.7 Å². The summed E-state index contributed by atoms with van der Waals surface area (Å²) in [5.41, 5.74) is 22.1. The average molecular weight is 471 g/mol. The third-order valence-corrected chi connectivity index (χ3v) is 5.60. The van der Waals surface area contributed by atoms with Crippen LogP contribution >= 0.6 is 0 Å². The van der Waals surface area contributed by atoms with Crippen LogP contribution in [0.2, 0.25) is 0 Å². The fourth-order valence-electron chi connectivity index (χ4n) is 3.83. The molecule has 176 valence electrons. The molecule has 0 spiro atoms. The molecule has 13 nitrogen and oxygen atoms in total. The van der Waals surface area contributed by atoms with Crippen LogP contribution < -0.4 is 10.9 Å². The standard InChI is InChI=1S/C22H22N12O/c23-30-27-14-32-8-6-16-1-3-20(9-18(16)12-32)34(25)22(35)4-2-17-10-26-7-5-21(17)19-11-29-33(13-19)15-28-31-24/h1-5,7,9-11,13H,6,8,12,14-15,25H2/b4-2+. The maximum Gasteiger partial charge on any atom is 0.265 e. The van der Waals surface area contributed by atoms with Crippen LogP contribution in [0.5, 0.6) is 0 Å². The maximum absolute atomic E-state index is 12.8. The second-order valence-electron chi connectivity index (χ2n) is 7.77. The molecule has 2 aromatic heterocycles. The zero-order chi connectivity index (χ0) is 24.6. The van der Waals surface area contributed by atoms with Gasteiger partial charge in [-0.15, -0.1) is 0 Å². The Balaban J connectivity index is 1.49. The molecule has 0 aliphatic carbocycles. The summed E-state index contributed by atoms with van der Waals surface area (Å²) in [6, 6.07) is 7.49. The highest BCUT2D eigenvalue weighted by atomic mass is 16.2. The number of fused-ring (bicyclic) bond motifs is 1. The normalized spacial score (nSPS) is 13.1. The van der Waals surface area contributed by atoms with Gasteiger partial charge in [0.05, 0.1) is 18.6 Å². The molecule has 4 rings (SSSR count). The number of anilines is 1. The van der Waals surface area contributed by atoms with Gasteiger partial charge in [0.25, 0.3) is 5.91 Å². The molecule has 1 amide bonds. The van der Waals surface area contributed by atoms with Crippen molar-refractivity contribution in [3.8, 4) is 11.1 Å². The number of carbonyl (C=O) groups is 1. The first-order valence-electron chi connectivity index (χ1n) is 10.7. The third kappa shape index (κ3) is 5.64. The Morgan fingerprint density at radius 3 is 2.83 bits per heavy atom. The number of benzene rings is 1. The van der Waals surface area contributed by atoms with Crippen molar-refractivity contribution in [1.82, 2.24) is 19.7 Å². The number of hydrazine groups is 1. The highest BCUT2D eigenvalue weighted by Gasteiger charge is 2.18. The van der Waals surface area contributed by atoms with E-state index in [-0.39, 0.29) is 6.67 Å². The van der Waals surface area contributed by atoms with Gasteiger partial charge < -0.3 is 0 Å². The molecule has 0 unspecified atom stereocenters. The molecule has 1 aromatic carbocycles. The summed E-state index contributed by atoms with van der Waals surface area (Å²) in [6.07, 6.45) is 10.5. The fraction of sp³-hybridized carbons (Fsp3) is 0.227. The van der Waals surface area contributed by atoms with Crippen molar-refractivity contribution in [2.24, 2.45) is 16.1 Å². The summed E-state index contributed by atoms with van der Waals surface area (Å²) in [5.74, 6) is 5.73. The lowest BCUT2D eigenvalue weighted by molar-refractivity contribution is -0.114. The average Bonchev–Trinajstić information content (AvgIpc) is 3.37. The van der Waals surface area contributed by atoms with E-state index in [9.17, 15) is 4.79 Å². The SMILES string of the molecule is [N-]=[N+]=NCN1CCc2ccc(N(N)C(=O)/C=C/c3cnccc3-c3cnn(CN=[N+]=[N-])c3)cc2C1. The number of nitrogens with zero attached hydrogens (tertiary/aromatic N) is 11. The lowest BCUT2D eigenvalue weighted by atomic mass is 9.99. The molecule has 0 fully saturated rings. The largest absolute Gasteiger partial charge is 0.293 e. The minimum atomic E-state index is -0.402. The number of azide groups is 2. The minimum Gasteiger partial charge on any atom is -0.293 e.